The number of aliphatic hydroxyl groups is 1. The zero-order valence-electron chi connectivity index (χ0n) is 15.1. The predicted molar refractivity (Wildman–Crippen MR) is 96.1 cm³/mol. The van der Waals surface area contributed by atoms with Crippen LogP contribution in [-0.2, 0) is 14.8 Å². The van der Waals surface area contributed by atoms with Crippen LogP contribution in [0.5, 0.6) is 0 Å². The van der Waals surface area contributed by atoms with Gasteiger partial charge in [-0.1, -0.05) is 17.7 Å². The summed E-state index contributed by atoms with van der Waals surface area (Å²) in [5.74, 6) is 0. The van der Waals surface area contributed by atoms with E-state index in [0.29, 0.717) is 63.7 Å². The zero-order chi connectivity index (χ0) is 18.1. The van der Waals surface area contributed by atoms with E-state index in [0.717, 1.165) is 11.1 Å². The Morgan fingerprint density at radius 3 is 2.36 bits per heavy atom. The molecule has 25 heavy (non-hydrogen) atoms. The lowest BCUT2D eigenvalue weighted by Gasteiger charge is -2.40. The molecule has 2 aliphatic rings. The second-order valence-electron chi connectivity index (χ2n) is 7.29. The quantitative estimate of drug-likeness (QED) is 0.863. The molecule has 0 aliphatic carbocycles. The molecule has 2 heterocycles. The average molecular weight is 368 g/mol. The Bertz CT molecular complexity index is 706. The lowest BCUT2D eigenvalue weighted by Crippen LogP contribution is -2.54. The first-order chi connectivity index (χ1) is 11.8. The number of rotatable bonds is 4. The third-order valence-electron chi connectivity index (χ3n) is 5.22. The number of sulfonamides is 1. The maximum Gasteiger partial charge on any atom is 0.243 e. The highest BCUT2D eigenvalue weighted by molar-refractivity contribution is 7.89. The van der Waals surface area contributed by atoms with Crippen molar-refractivity contribution < 1.29 is 18.3 Å². The van der Waals surface area contributed by atoms with Crippen LogP contribution >= 0.6 is 0 Å². The van der Waals surface area contributed by atoms with Crippen molar-refractivity contribution in [2.75, 3.05) is 45.9 Å². The third-order valence-corrected chi connectivity index (χ3v) is 7.28. The summed E-state index contributed by atoms with van der Waals surface area (Å²) < 4.78 is 32.7. The van der Waals surface area contributed by atoms with Crippen molar-refractivity contribution in [2.24, 2.45) is 0 Å². The molecular weight excluding hydrogens is 340 g/mol. The molecule has 1 aromatic carbocycles. The molecule has 1 aromatic rings. The summed E-state index contributed by atoms with van der Waals surface area (Å²) >= 11 is 0. The molecule has 0 amide bonds. The summed E-state index contributed by atoms with van der Waals surface area (Å²) in [6, 6.07) is 5.46. The molecule has 0 aromatic heterocycles. The van der Waals surface area contributed by atoms with E-state index in [9.17, 15) is 13.5 Å². The lowest BCUT2D eigenvalue weighted by atomic mass is 9.93. The van der Waals surface area contributed by atoms with Gasteiger partial charge in [0.2, 0.25) is 10.0 Å². The minimum Gasteiger partial charge on any atom is -0.388 e. The van der Waals surface area contributed by atoms with Crippen molar-refractivity contribution in [2.45, 2.75) is 37.2 Å². The number of nitrogens with zero attached hydrogens (tertiary/aromatic N) is 2. The molecule has 0 unspecified atom stereocenters. The van der Waals surface area contributed by atoms with E-state index in [4.69, 9.17) is 4.74 Å². The molecule has 0 saturated carbocycles. The van der Waals surface area contributed by atoms with Gasteiger partial charge in [0.1, 0.15) is 0 Å². The summed E-state index contributed by atoms with van der Waals surface area (Å²) in [4.78, 5) is 2.56. The van der Waals surface area contributed by atoms with Gasteiger partial charge in [-0.25, -0.2) is 8.42 Å². The molecule has 2 saturated heterocycles. The standard InChI is InChI=1S/C18H28N2O4S/c1-15-3-4-17(16(2)13-15)25(22,23)20-9-7-19(8-10-20)14-18(21)5-11-24-12-6-18/h3-4,13,21H,5-12,14H2,1-2H3. The second kappa shape index (κ2) is 7.32. The fourth-order valence-electron chi connectivity index (χ4n) is 3.68. The number of hydrogen-bond donors (Lipinski definition) is 1. The Balaban J connectivity index is 1.63. The Morgan fingerprint density at radius 1 is 1.12 bits per heavy atom. The first-order valence-electron chi connectivity index (χ1n) is 8.90. The molecule has 2 fully saturated rings. The smallest absolute Gasteiger partial charge is 0.243 e. The largest absolute Gasteiger partial charge is 0.388 e. The van der Waals surface area contributed by atoms with Gasteiger partial charge < -0.3 is 9.84 Å². The van der Waals surface area contributed by atoms with Crippen molar-refractivity contribution in [1.82, 2.24) is 9.21 Å². The number of aryl methyl sites for hydroxylation is 2. The summed E-state index contributed by atoms with van der Waals surface area (Å²) in [5, 5.41) is 10.6. The molecule has 1 N–H and O–H groups in total. The van der Waals surface area contributed by atoms with Crippen LogP contribution in [0.3, 0.4) is 0 Å². The van der Waals surface area contributed by atoms with Crippen LogP contribution < -0.4 is 0 Å². The van der Waals surface area contributed by atoms with E-state index in [1.807, 2.05) is 26.0 Å². The van der Waals surface area contributed by atoms with Gasteiger partial charge in [0, 0.05) is 58.8 Å². The highest BCUT2D eigenvalue weighted by Crippen LogP contribution is 2.25. The predicted octanol–water partition coefficient (Wildman–Crippen LogP) is 1.15. The lowest BCUT2D eigenvalue weighted by molar-refractivity contribution is -0.0823. The third kappa shape index (κ3) is 4.23. The van der Waals surface area contributed by atoms with Gasteiger partial charge in [-0.15, -0.1) is 0 Å². The molecule has 0 bridgehead atoms. The molecule has 2 aliphatic heterocycles. The summed E-state index contributed by atoms with van der Waals surface area (Å²) in [6.07, 6.45) is 1.29. The van der Waals surface area contributed by atoms with Gasteiger partial charge in [0.15, 0.2) is 0 Å². The van der Waals surface area contributed by atoms with Gasteiger partial charge in [0.25, 0.3) is 0 Å². The Kier molecular flexibility index (Phi) is 5.51. The molecular formula is C18H28N2O4S. The van der Waals surface area contributed by atoms with Crippen LogP contribution in [-0.4, -0.2) is 74.3 Å². The van der Waals surface area contributed by atoms with E-state index in [1.165, 1.54) is 0 Å². The number of ether oxygens (including phenoxy) is 1. The van der Waals surface area contributed by atoms with Crippen molar-refractivity contribution in [1.29, 1.82) is 0 Å². The summed E-state index contributed by atoms with van der Waals surface area (Å²) in [5.41, 5.74) is 1.15. The zero-order valence-corrected chi connectivity index (χ0v) is 15.9. The van der Waals surface area contributed by atoms with E-state index >= 15 is 0 Å². The maximum absolute atomic E-state index is 12.9. The van der Waals surface area contributed by atoms with E-state index in [1.54, 1.807) is 10.4 Å². The molecule has 7 heteroatoms. The molecule has 0 radical (unpaired) electrons. The van der Waals surface area contributed by atoms with Crippen LogP contribution in [0.1, 0.15) is 24.0 Å². The number of piperazine rings is 1. The van der Waals surface area contributed by atoms with Gasteiger partial charge in [0.05, 0.1) is 10.5 Å². The first-order valence-corrected chi connectivity index (χ1v) is 10.3. The minimum atomic E-state index is -3.46. The van der Waals surface area contributed by atoms with E-state index < -0.39 is 15.6 Å². The van der Waals surface area contributed by atoms with Crippen LogP contribution in [0.25, 0.3) is 0 Å². The SMILES string of the molecule is Cc1ccc(S(=O)(=O)N2CCN(CC3(O)CCOCC3)CC2)c(C)c1. The maximum atomic E-state index is 12.9. The van der Waals surface area contributed by atoms with Crippen molar-refractivity contribution in [3.05, 3.63) is 29.3 Å². The highest BCUT2D eigenvalue weighted by atomic mass is 32.2. The molecule has 0 atom stereocenters. The monoisotopic (exact) mass is 368 g/mol. The number of benzene rings is 1. The van der Waals surface area contributed by atoms with E-state index in [-0.39, 0.29) is 0 Å². The Labute approximate surface area is 150 Å². The normalized spacial score (nSPS) is 22.8. The first kappa shape index (κ1) is 18.8. The molecule has 3 rings (SSSR count). The fraction of sp³-hybridized carbons (Fsp3) is 0.667. The van der Waals surface area contributed by atoms with Crippen LogP contribution in [0.4, 0.5) is 0 Å². The van der Waals surface area contributed by atoms with Gasteiger partial charge >= 0.3 is 0 Å². The Morgan fingerprint density at radius 2 is 1.76 bits per heavy atom. The van der Waals surface area contributed by atoms with Crippen LogP contribution in [0, 0.1) is 13.8 Å². The van der Waals surface area contributed by atoms with Crippen LogP contribution in [0.2, 0.25) is 0 Å². The Hall–Kier alpha value is -0.990. The fourth-order valence-corrected chi connectivity index (χ4v) is 5.31. The number of hydrogen-bond acceptors (Lipinski definition) is 5. The van der Waals surface area contributed by atoms with E-state index in [2.05, 4.69) is 4.90 Å². The highest BCUT2D eigenvalue weighted by Gasteiger charge is 2.35. The number of β-amino-alcohol motifs (C(OH)–C–C–N with tert-alkyl or cyclic N) is 1. The summed E-state index contributed by atoms with van der Waals surface area (Å²) in [6.45, 7) is 7.80. The second-order valence-corrected chi connectivity index (χ2v) is 9.19. The van der Waals surface area contributed by atoms with Crippen LogP contribution in [0.15, 0.2) is 23.1 Å². The topological polar surface area (TPSA) is 70.1 Å². The minimum absolute atomic E-state index is 0.398. The van der Waals surface area contributed by atoms with Gasteiger partial charge in [-0.3, -0.25) is 4.90 Å². The van der Waals surface area contributed by atoms with Crippen molar-refractivity contribution >= 4 is 10.0 Å². The summed E-state index contributed by atoms with van der Waals surface area (Å²) in [7, 11) is -3.46. The molecule has 140 valence electrons. The van der Waals surface area contributed by atoms with Gasteiger partial charge in [-0.05, 0) is 25.5 Å². The molecule has 0 spiro atoms. The van der Waals surface area contributed by atoms with Crippen molar-refractivity contribution in [3.8, 4) is 0 Å². The van der Waals surface area contributed by atoms with Gasteiger partial charge in [-0.2, -0.15) is 4.31 Å². The van der Waals surface area contributed by atoms with Crippen molar-refractivity contribution in [3.63, 3.8) is 0 Å². The molecule has 6 nitrogen and oxygen atoms in total. The average Bonchev–Trinajstić information content (AvgIpc) is 2.55.